The first kappa shape index (κ1) is 48.1. The van der Waals surface area contributed by atoms with Crippen molar-refractivity contribution < 1.29 is 28.6 Å². The number of carbonyl (C=O) groups is 3. The second-order valence-electron chi connectivity index (χ2n) is 14.4. The molecule has 17 heteroatoms. The van der Waals surface area contributed by atoms with E-state index >= 15 is 0 Å². The molecule has 4 N–H and O–H groups in total. The third-order valence-corrected chi connectivity index (χ3v) is 6.36. The highest BCUT2D eigenvalue weighted by Gasteiger charge is 2.22. The van der Waals surface area contributed by atoms with E-state index in [0.29, 0.717) is 44.4 Å². The van der Waals surface area contributed by atoms with Gasteiger partial charge in [-0.1, -0.05) is 59.1 Å². The van der Waals surface area contributed by atoms with Gasteiger partial charge in [-0.2, -0.15) is 0 Å². The van der Waals surface area contributed by atoms with Gasteiger partial charge in [0.25, 0.3) is 0 Å². The average molecular weight is 822 g/mol. The zero-order valence-corrected chi connectivity index (χ0v) is 35.3. The summed E-state index contributed by atoms with van der Waals surface area (Å²) in [6.45, 7) is 16.4. The smallest absolute Gasteiger partial charge is 0.415 e. The van der Waals surface area contributed by atoms with Crippen molar-refractivity contribution in [1.82, 2.24) is 19.9 Å². The predicted molar refractivity (Wildman–Crippen MR) is 220 cm³/mol. The summed E-state index contributed by atoms with van der Waals surface area (Å²) in [4.78, 5) is 53.2. The zero-order valence-electron chi connectivity index (χ0n) is 33.1. The topological polar surface area (TPSA) is 189 Å². The van der Waals surface area contributed by atoms with E-state index in [1.807, 2.05) is 62.3 Å². The number of nitrogens with zero attached hydrogens (tertiary/aromatic N) is 6. The Morgan fingerprint density at radius 2 is 0.909 bits per heavy atom. The van der Waals surface area contributed by atoms with Gasteiger partial charge in [-0.05, 0) is 111 Å². The summed E-state index contributed by atoms with van der Waals surface area (Å²) in [6.07, 6.45) is -0.759. The van der Waals surface area contributed by atoms with Crippen LogP contribution in [0.15, 0.2) is 72.8 Å². The maximum atomic E-state index is 11.7. The number of ether oxygens (including phenoxy) is 3. The molecule has 4 heterocycles. The fourth-order valence-corrected chi connectivity index (χ4v) is 4.07. The van der Waals surface area contributed by atoms with Gasteiger partial charge >= 0.3 is 18.2 Å². The summed E-state index contributed by atoms with van der Waals surface area (Å²) in [7, 11) is 3.18. The molecule has 300 valence electrons. The van der Waals surface area contributed by atoms with Crippen molar-refractivity contribution in [3.8, 4) is 0 Å². The first-order chi connectivity index (χ1) is 25.2. The number of halogens is 3. The lowest BCUT2D eigenvalue weighted by Gasteiger charge is -2.24. The van der Waals surface area contributed by atoms with Gasteiger partial charge in [-0.25, -0.2) is 29.5 Å². The molecular weight excluding hydrogens is 771 g/mol. The predicted octanol–water partition coefficient (Wildman–Crippen LogP) is 9.08. The highest BCUT2D eigenvalue weighted by Crippen LogP contribution is 2.18. The fourth-order valence-electron chi connectivity index (χ4n) is 3.56. The molecule has 0 spiro atoms. The zero-order chi connectivity index (χ0) is 42.1. The molecule has 4 aromatic heterocycles. The molecule has 0 bridgehead atoms. The van der Waals surface area contributed by atoms with Gasteiger partial charge in [-0.15, -0.1) is 0 Å². The van der Waals surface area contributed by atoms with E-state index in [9.17, 15) is 14.4 Å². The fraction of sp³-hybridized carbons (Fsp3) is 0.395. The van der Waals surface area contributed by atoms with Crippen LogP contribution in [-0.2, 0) is 25.4 Å². The standard InChI is InChI=1S/C11H15ClN2O2.C11H14ClNO2.C11H17N3O2.C5H5ClN2/c1-11(2,3)16-10(15)14(4)9-7-5-6-8(12)13-9;1-11(2,3)15-10(14)7-8-5-4-6-9(12)13-8;1-11(2,3)16-10(15)14(4)9-7-5-6-8(12)13-9;6-4-2-1-3-5(7)8-4/h5-7H,1-4H3;4-6H,7H2,1-3H3;5-7H,1-4H3,(H2,12,13);1-3H,(H2,7,8). The van der Waals surface area contributed by atoms with Crippen LogP contribution in [0.2, 0.25) is 15.5 Å². The first-order valence-electron chi connectivity index (χ1n) is 16.7. The van der Waals surface area contributed by atoms with Crippen LogP contribution < -0.4 is 21.3 Å². The van der Waals surface area contributed by atoms with Crippen molar-refractivity contribution >= 4 is 76.2 Å². The maximum Gasteiger partial charge on any atom is 0.415 e. The van der Waals surface area contributed by atoms with E-state index in [1.54, 1.807) is 86.9 Å². The molecule has 4 aromatic rings. The Labute approximate surface area is 338 Å². The van der Waals surface area contributed by atoms with Crippen molar-refractivity contribution in [2.75, 3.05) is 35.4 Å². The summed E-state index contributed by atoms with van der Waals surface area (Å²) in [5.41, 5.74) is 9.91. The molecule has 0 fully saturated rings. The van der Waals surface area contributed by atoms with Crippen LogP contribution in [0.4, 0.5) is 32.9 Å². The number of hydrogen-bond acceptors (Lipinski definition) is 12. The van der Waals surface area contributed by atoms with E-state index in [0.717, 1.165) is 0 Å². The number of anilines is 4. The van der Waals surface area contributed by atoms with Gasteiger partial charge in [0.15, 0.2) is 0 Å². The van der Waals surface area contributed by atoms with Gasteiger partial charge in [0, 0.05) is 14.1 Å². The van der Waals surface area contributed by atoms with Crippen LogP contribution in [0.1, 0.15) is 68.0 Å². The van der Waals surface area contributed by atoms with E-state index in [1.165, 1.54) is 9.80 Å². The normalized spacial score (nSPS) is 10.8. The number of nitrogen functional groups attached to an aromatic ring is 2. The van der Waals surface area contributed by atoms with Crippen LogP contribution in [0.25, 0.3) is 0 Å². The van der Waals surface area contributed by atoms with Crippen LogP contribution >= 0.6 is 34.8 Å². The summed E-state index contributed by atoms with van der Waals surface area (Å²) < 4.78 is 15.6. The summed E-state index contributed by atoms with van der Waals surface area (Å²) in [6, 6.07) is 20.4. The monoisotopic (exact) mass is 820 g/mol. The van der Waals surface area contributed by atoms with Crippen molar-refractivity contribution in [3.63, 3.8) is 0 Å². The van der Waals surface area contributed by atoms with E-state index in [-0.39, 0.29) is 12.4 Å². The lowest BCUT2D eigenvalue weighted by atomic mass is 10.2. The molecule has 0 saturated carbocycles. The highest BCUT2D eigenvalue weighted by atomic mass is 35.5. The number of hydrogen-bond donors (Lipinski definition) is 2. The number of carbonyl (C=O) groups excluding carboxylic acids is 3. The van der Waals surface area contributed by atoms with Gasteiger partial charge in [0.1, 0.15) is 55.5 Å². The summed E-state index contributed by atoms with van der Waals surface area (Å²) in [5, 5.41) is 1.16. The van der Waals surface area contributed by atoms with Gasteiger partial charge in [-0.3, -0.25) is 14.6 Å². The number of aromatic nitrogens is 4. The molecule has 0 unspecified atom stereocenters. The van der Waals surface area contributed by atoms with Crippen LogP contribution in [0, 0.1) is 0 Å². The second kappa shape index (κ2) is 21.8. The Morgan fingerprint density at radius 3 is 1.27 bits per heavy atom. The minimum Gasteiger partial charge on any atom is -0.460 e. The Balaban J connectivity index is 0.000000376. The average Bonchev–Trinajstić information content (AvgIpc) is 3.02. The number of nitrogens with two attached hydrogens (primary N) is 2. The molecule has 2 amide bonds. The minimum absolute atomic E-state index is 0.151. The van der Waals surface area contributed by atoms with E-state index in [4.69, 9.17) is 60.5 Å². The van der Waals surface area contributed by atoms with E-state index in [2.05, 4.69) is 19.9 Å². The van der Waals surface area contributed by atoms with Crippen LogP contribution in [0.3, 0.4) is 0 Å². The Kier molecular flexibility index (Phi) is 19.1. The van der Waals surface area contributed by atoms with Crippen molar-refractivity contribution in [1.29, 1.82) is 0 Å². The molecule has 0 aliphatic heterocycles. The van der Waals surface area contributed by atoms with Gasteiger partial charge in [0.05, 0.1) is 12.1 Å². The SMILES string of the molecule is CC(C)(C)OC(=O)Cc1cccc(Cl)n1.CN(C(=O)OC(C)(C)C)c1cccc(Cl)n1.CN(C(=O)OC(C)(C)C)c1cccc(N)n1.Nc1cccc(Cl)n1. The number of rotatable bonds is 4. The molecule has 55 heavy (non-hydrogen) atoms. The second-order valence-corrected chi connectivity index (χ2v) is 15.6. The molecule has 0 saturated heterocycles. The molecule has 14 nitrogen and oxygen atoms in total. The number of amides is 2. The highest BCUT2D eigenvalue weighted by molar-refractivity contribution is 6.30. The molecular formula is C38H51Cl3N8O6. The maximum absolute atomic E-state index is 11.7. The van der Waals surface area contributed by atoms with E-state index < -0.39 is 29.0 Å². The van der Waals surface area contributed by atoms with Crippen molar-refractivity contribution in [2.24, 2.45) is 0 Å². The molecule has 4 rings (SSSR count). The third kappa shape index (κ3) is 22.2. The van der Waals surface area contributed by atoms with Crippen molar-refractivity contribution in [3.05, 3.63) is 93.9 Å². The third-order valence-electron chi connectivity index (χ3n) is 5.73. The van der Waals surface area contributed by atoms with Crippen LogP contribution in [0.5, 0.6) is 0 Å². The first-order valence-corrected chi connectivity index (χ1v) is 17.9. The number of pyridine rings is 4. The quantitative estimate of drug-likeness (QED) is 0.113. The molecule has 0 aliphatic rings. The Hall–Kier alpha value is -4.92. The van der Waals surface area contributed by atoms with Crippen molar-refractivity contribution in [2.45, 2.75) is 85.5 Å². The Bertz CT molecular complexity index is 1750. The van der Waals surface area contributed by atoms with Crippen LogP contribution in [-0.4, -0.2) is 69.0 Å². The molecule has 0 atom stereocenters. The molecule has 0 aromatic carbocycles. The van der Waals surface area contributed by atoms with Gasteiger partial charge < -0.3 is 25.7 Å². The lowest BCUT2D eigenvalue weighted by Crippen LogP contribution is -2.34. The largest absolute Gasteiger partial charge is 0.460 e. The summed E-state index contributed by atoms with van der Waals surface area (Å²) >= 11 is 16.9. The minimum atomic E-state index is -0.524. The van der Waals surface area contributed by atoms with Gasteiger partial charge in [0.2, 0.25) is 0 Å². The Morgan fingerprint density at radius 1 is 0.545 bits per heavy atom. The lowest BCUT2D eigenvalue weighted by molar-refractivity contribution is -0.154. The number of esters is 1. The summed E-state index contributed by atoms with van der Waals surface area (Å²) in [5.74, 6) is 1.46. The molecule has 0 radical (unpaired) electrons. The molecule has 0 aliphatic carbocycles.